The monoisotopic (exact) mass is 187 g/mol. The molecule has 0 saturated heterocycles. The van der Waals surface area contributed by atoms with E-state index in [-0.39, 0.29) is 11.1 Å². The van der Waals surface area contributed by atoms with Crippen molar-refractivity contribution in [2.75, 3.05) is 0 Å². The molecule has 0 aliphatic carbocycles. The van der Waals surface area contributed by atoms with Crippen molar-refractivity contribution in [1.82, 2.24) is 0 Å². The highest BCUT2D eigenvalue weighted by Gasteiger charge is 2.04. The van der Waals surface area contributed by atoms with Crippen LogP contribution < -0.4 is 5.43 Å². The summed E-state index contributed by atoms with van der Waals surface area (Å²) in [6, 6.07) is 6.76. The molecular weight excluding hydrogens is 182 g/mol. The van der Waals surface area contributed by atoms with Gasteiger partial charge in [-0.3, -0.25) is 4.79 Å². The van der Waals surface area contributed by atoms with Crippen molar-refractivity contribution in [3.8, 4) is 0 Å². The van der Waals surface area contributed by atoms with Crippen molar-refractivity contribution in [2.45, 2.75) is 0 Å². The Morgan fingerprint density at radius 1 is 1.29 bits per heavy atom. The van der Waals surface area contributed by atoms with Crippen molar-refractivity contribution in [3.63, 3.8) is 0 Å². The smallest absolute Gasteiger partial charge is 0.240 e. The molecule has 2 aromatic rings. The highest BCUT2D eigenvalue weighted by Crippen LogP contribution is 2.13. The maximum atomic E-state index is 11.6. The second-order valence-electron chi connectivity index (χ2n) is 2.65. The third-order valence-electron chi connectivity index (χ3n) is 1.83. The van der Waals surface area contributed by atoms with Crippen LogP contribution in [0.2, 0.25) is 0 Å². The minimum Gasteiger partial charge on any atom is -0.462 e. The van der Waals surface area contributed by atoms with Crippen molar-refractivity contribution in [3.05, 3.63) is 40.8 Å². The Kier molecular flexibility index (Phi) is 1.97. The van der Waals surface area contributed by atoms with Crippen LogP contribution in [0.3, 0.4) is 0 Å². The summed E-state index contributed by atoms with van der Waals surface area (Å²) in [6.45, 7) is 0. The van der Waals surface area contributed by atoms with E-state index in [4.69, 9.17) is 4.42 Å². The normalized spacial score (nSPS) is 9.71. The summed E-state index contributed by atoms with van der Waals surface area (Å²) in [4.78, 5) is 24.8. The third kappa shape index (κ3) is 1.24. The zero-order valence-corrected chi connectivity index (χ0v) is 7.06. The van der Waals surface area contributed by atoms with Crippen molar-refractivity contribution >= 4 is 22.7 Å². The van der Waals surface area contributed by atoms with E-state index in [0.29, 0.717) is 11.0 Å². The van der Waals surface area contributed by atoms with E-state index in [2.05, 4.69) is 4.99 Å². The highest BCUT2D eigenvalue weighted by atomic mass is 16.3. The number of aliphatic imine (C=N–C) groups is 1. The van der Waals surface area contributed by atoms with Gasteiger partial charge in [0.05, 0.1) is 5.39 Å². The van der Waals surface area contributed by atoms with Crippen molar-refractivity contribution < 1.29 is 9.21 Å². The van der Waals surface area contributed by atoms with E-state index >= 15 is 0 Å². The molecule has 68 valence electrons. The topological polar surface area (TPSA) is 59.6 Å². The predicted molar refractivity (Wildman–Crippen MR) is 50.3 cm³/mol. The minimum absolute atomic E-state index is 0.0290. The second-order valence-corrected chi connectivity index (χ2v) is 2.65. The molecule has 4 heteroatoms. The molecule has 0 atom stereocenters. The van der Waals surface area contributed by atoms with Crippen LogP contribution in [0.1, 0.15) is 0 Å². The van der Waals surface area contributed by atoms with Crippen LogP contribution in [-0.4, -0.2) is 6.08 Å². The average Bonchev–Trinajstić information content (AvgIpc) is 2.23. The lowest BCUT2D eigenvalue weighted by Crippen LogP contribution is -1.99. The fourth-order valence-corrected chi connectivity index (χ4v) is 1.19. The van der Waals surface area contributed by atoms with Gasteiger partial charge in [-0.1, -0.05) is 12.1 Å². The first-order chi connectivity index (χ1) is 6.83. The summed E-state index contributed by atoms with van der Waals surface area (Å²) >= 11 is 0. The van der Waals surface area contributed by atoms with Gasteiger partial charge in [0.25, 0.3) is 0 Å². The molecule has 0 aliphatic rings. The fourth-order valence-electron chi connectivity index (χ4n) is 1.19. The van der Waals surface area contributed by atoms with E-state index in [1.54, 1.807) is 24.3 Å². The standard InChI is InChI=1S/C10H5NO3/c12-6-11-8-5-14-9-4-2-1-3-7(9)10(8)13/h1-5H. The maximum Gasteiger partial charge on any atom is 0.240 e. The lowest BCUT2D eigenvalue weighted by Gasteiger charge is -1.95. The molecule has 0 aliphatic heterocycles. The first kappa shape index (κ1) is 8.41. The van der Waals surface area contributed by atoms with Crippen molar-refractivity contribution in [2.24, 2.45) is 4.99 Å². The van der Waals surface area contributed by atoms with E-state index in [1.807, 2.05) is 0 Å². The molecule has 0 amide bonds. The number of hydrogen-bond acceptors (Lipinski definition) is 4. The van der Waals surface area contributed by atoms with Gasteiger partial charge in [0.2, 0.25) is 11.5 Å². The summed E-state index contributed by atoms with van der Waals surface area (Å²) in [7, 11) is 0. The SMILES string of the molecule is O=C=Nc1coc2ccccc2c1=O. The Morgan fingerprint density at radius 2 is 2.07 bits per heavy atom. The van der Waals surface area contributed by atoms with Gasteiger partial charge in [-0.2, -0.15) is 4.99 Å². The maximum absolute atomic E-state index is 11.6. The van der Waals surface area contributed by atoms with Crippen LogP contribution in [0, 0.1) is 0 Å². The first-order valence-corrected chi connectivity index (χ1v) is 3.91. The zero-order chi connectivity index (χ0) is 9.97. The number of para-hydroxylation sites is 1. The highest BCUT2D eigenvalue weighted by molar-refractivity contribution is 5.78. The van der Waals surface area contributed by atoms with Gasteiger partial charge < -0.3 is 4.42 Å². The van der Waals surface area contributed by atoms with Gasteiger partial charge in [0, 0.05) is 0 Å². The summed E-state index contributed by atoms with van der Waals surface area (Å²) in [6.07, 6.45) is 2.45. The van der Waals surface area contributed by atoms with Gasteiger partial charge in [-0.25, -0.2) is 4.79 Å². The molecule has 0 N–H and O–H groups in total. The number of rotatable bonds is 1. The Bertz CT molecular complexity index is 579. The van der Waals surface area contributed by atoms with E-state index < -0.39 is 0 Å². The lowest BCUT2D eigenvalue weighted by atomic mass is 10.2. The Morgan fingerprint density at radius 3 is 2.86 bits per heavy atom. The average molecular weight is 187 g/mol. The van der Waals surface area contributed by atoms with Crippen LogP contribution in [0.25, 0.3) is 11.0 Å². The van der Waals surface area contributed by atoms with Gasteiger partial charge in [-0.05, 0) is 12.1 Å². The molecule has 1 heterocycles. The van der Waals surface area contributed by atoms with E-state index in [9.17, 15) is 9.59 Å². The van der Waals surface area contributed by atoms with Crippen LogP contribution in [0.15, 0.2) is 44.7 Å². The van der Waals surface area contributed by atoms with Crippen molar-refractivity contribution in [1.29, 1.82) is 0 Å². The van der Waals surface area contributed by atoms with Crippen LogP contribution in [0.5, 0.6) is 0 Å². The Balaban J connectivity index is 2.88. The number of fused-ring (bicyclic) bond motifs is 1. The molecule has 2 rings (SSSR count). The van der Waals surface area contributed by atoms with Gasteiger partial charge in [0.1, 0.15) is 11.8 Å². The quantitative estimate of drug-likeness (QED) is 0.504. The predicted octanol–water partition coefficient (Wildman–Crippen LogP) is 1.76. The summed E-state index contributed by atoms with van der Waals surface area (Å²) < 4.78 is 5.10. The number of hydrogen-bond donors (Lipinski definition) is 0. The zero-order valence-electron chi connectivity index (χ0n) is 7.06. The molecule has 4 nitrogen and oxygen atoms in total. The van der Waals surface area contributed by atoms with Gasteiger partial charge >= 0.3 is 0 Å². The fraction of sp³-hybridized carbons (Fsp3) is 0. The minimum atomic E-state index is -0.324. The largest absolute Gasteiger partial charge is 0.462 e. The third-order valence-corrected chi connectivity index (χ3v) is 1.83. The Labute approximate surface area is 78.5 Å². The van der Waals surface area contributed by atoms with Crippen LogP contribution in [-0.2, 0) is 4.79 Å². The number of benzene rings is 1. The molecule has 0 bridgehead atoms. The second kappa shape index (κ2) is 3.28. The molecule has 0 unspecified atom stereocenters. The molecular formula is C10H5NO3. The number of isocyanates is 1. The molecule has 0 saturated carbocycles. The molecule has 0 radical (unpaired) electrons. The lowest BCUT2D eigenvalue weighted by molar-refractivity contribution is 0.564. The summed E-state index contributed by atoms with van der Waals surface area (Å²) in [5.74, 6) is 0. The molecule has 0 fully saturated rings. The molecule has 1 aromatic heterocycles. The molecule has 0 spiro atoms. The molecule has 1 aromatic carbocycles. The first-order valence-electron chi connectivity index (χ1n) is 3.91. The summed E-state index contributed by atoms with van der Waals surface area (Å²) in [5, 5.41) is 0.406. The van der Waals surface area contributed by atoms with Crippen LogP contribution in [0.4, 0.5) is 5.69 Å². The van der Waals surface area contributed by atoms with Gasteiger partial charge in [0.15, 0.2) is 5.69 Å². The summed E-state index contributed by atoms with van der Waals surface area (Å²) in [5.41, 5.74) is 0.122. The van der Waals surface area contributed by atoms with Crippen LogP contribution >= 0.6 is 0 Å². The Hall–Kier alpha value is -2.19. The van der Waals surface area contributed by atoms with E-state index in [1.165, 1.54) is 6.08 Å². The number of carbonyl (C=O) groups excluding carboxylic acids is 1. The molecule has 14 heavy (non-hydrogen) atoms. The number of nitrogens with zero attached hydrogens (tertiary/aromatic N) is 1. The van der Waals surface area contributed by atoms with Gasteiger partial charge in [-0.15, -0.1) is 0 Å². The van der Waals surface area contributed by atoms with E-state index in [0.717, 1.165) is 6.26 Å².